The zero-order chi connectivity index (χ0) is 21.1. The Morgan fingerprint density at radius 2 is 1.55 bits per heavy atom. The molecule has 156 valence electrons. The number of benzene rings is 2. The van der Waals surface area contributed by atoms with Crippen molar-refractivity contribution < 1.29 is 18.7 Å². The van der Waals surface area contributed by atoms with E-state index >= 15 is 0 Å². The van der Waals surface area contributed by atoms with Gasteiger partial charge in [-0.1, -0.05) is 88.4 Å². The number of hydrogen-bond donors (Lipinski definition) is 0. The molecule has 2 aromatic rings. The third-order valence-electron chi connectivity index (χ3n) is 5.70. The first-order chi connectivity index (χ1) is 13.7. The fourth-order valence-electron chi connectivity index (χ4n) is 4.27. The van der Waals surface area contributed by atoms with Gasteiger partial charge in [0.2, 0.25) is 6.29 Å². The van der Waals surface area contributed by atoms with Gasteiger partial charge in [0.05, 0.1) is 12.7 Å². The highest BCUT2D eigenvalue weighted by atomic mass is 28.4. The molecule has 1 fully saturated rings. The molecule has 4 nitrogen and oxygen atoms in total. The molecule has 29 heavy (non-hydrogen) atoms. The van der Waals surface area contributed by atoms with Gasteiger partial charge in [-0.2, -0.15) is 0 Å². The fourth-order valence-corrected chi connectivity index (χ4v) is 8.84. The number of rotatable bonds is 6. The summed E-state index contributed by atoms with van der Waals surface area (Å²) in [6.45, 7) is 10.8. The van der Waals surface area contributed by atoms with Crippen molar-refractivity contribution in [3.8, 4) is 0 Å². The van der Waals surface area contributed by atoms with Crippen LogP contribution in [0.4, 0.5) is 0 Å². The second-order valence-electron chi connectivity index (χ2n) is 8.90. The Hall–Kier alpha value is -1.95. The van der Waals surface area contributed by atoms with Gasteiger partial charge in [-0.05, 0) is 21.3 Å². The summed E-state index contributed by atoms with van der Waals surface area (Å²) in [5.41, 5.74) is 0. The summed E-state index contributed by atoms with van der Waals surface area (Å²) in [5, 5.41) is 2.43. The Morgan fingerprint density at radius 3 is 2.00 bits per heavy atom. The van der Waals surface area contributed by atoms with Crippen LogP contribution in [0.25, 0.3) is 0 Å². The van der Waals surface area contributed by atoms with Crippen molar-refractivity contribution in [2.75, 3.05) is 6.61 Å². The molecule has 1 heterocycles. The molecule has 2 aromatic carbocycles. The summed E-state index contributed by atoms with van der Waals surface area (Å²) in [6, 6.07) is 21.2. The van der Waals surface area contributed by atoms with Gasteiger partial charge in [0.25, 0.3) is 8.32 Å². The predicted octanol–water partition coefficient (Wildman–Crippen LogP) is 3.88. The monoisotopic (exact) mass is 412 g/mol. The van der Waals surface area contributed by atoms with Crippen LogP contribution in [-0.2, 0) is 18.7 Å². The van der Waals surface area contributed by atoms with Gasteiger partial charge >= 0.3 is 5.97 Å². The molecular weight excluding hydrogens is 380 g/mol. The molecule has 0 radical (unpaired) electrons. The molecule has 0 bridgehead atoms. The van der Waals surface area contributed by atoms with Crippen molar-refractivity contribution in [1.82, 2.24) is 0 Å². The van der Waals surface area contributed by atoms with Crippen LogP contribution < -0.4 is 10.4 Å². The molecule has 0 spiro atoms. The summed E-state index contributed by atoms with van der Waals surface area (Å²) in [5.74, 6) is -0.0479. The van der Waals surface area contributed by atoms with Gasteiger partial charge in [-0.15, -0.1) is 0 Å². The molecule has 1 aliphatic rings. The zero-order valence-corrected chi connectivity index (χ0v) is 19.1. The van der Waals surface area contributed by atoms with Crippen LogP contribution in [0.5, 0.6) is 0 Å². The fraction of sp³-hybridized carbons (Fsp3) is 0.458. The highest BCUT2D eigenvalue weighted by Crippen LogP contribution is 2.38. The molecular formula is C24H32O4Si. The minimum absolute atomic E-state index is 0.0766. The quantitative estimate of drug-likeness (QED) is 0.534. The van der Waals surface area contributed by atoms with E-state index in [1.54, 1.807) is 0 Å². The summed E-state index contributed by atoms with van der Waals surface area (Å²) < 4.78 is 18.2. The summed E-state index contributed by atoms with van der Waals surface area (Å²) >= 11 is 0. The van der Waals surface area contributed by atoms with E-state index in [-0.39, 0.29) is 23.0 Å². The predicted molar refractivity (Wildman–Crippen MR) is 118 cm³/mol. The van der Waals surface area contributed by atoms with E-state index in [2.05, 4.69) is 76.2 Å². The lowest BCUT2D eigenvalue weighted by Crippen LogP contribution is -2.67. The van der Waals surface area contributed by atoms with E-state index in [0.717, 1.165) is 0 Å². The Balaban J connectivity index is 1.93. The lowest BCUT2D eigenvalue weighted by Gasteiger charge is -2.43. The average Bonchev–Trinajstić information content (AvgIpc) is 3.01. The van der Waals surface area contributed by atoms with E-state index in [4.69, 9.17) is 13.9 Å². The Morgan fingerprint density at radius 1 is 1.03 bits per heavy atom. The number of carbonyl (C=O) groups is 1. The van der Waals surface area contributed by atoms with E-state index in [0.29, 0.717) is 13.0 Å². The van der Waals surface area contributed by atoms with Crippen LogP contribution >= 0.6 is 0 Å². The van der Waals surface area contributed by atoms with Gasteiger partial charge < -0.3 is 13.9 Å². The minimum Gasteiger partial charge on any atom is -0.436 e. The maximum absolute atomic E-state index is 11.3. The van der Waals surface area contributed by atoms with Crippen LogP contribution in [0.15, 0.2) is 60.7 Å². The average molecular weight is 413 g/mol. The van der Waals surface area contributed by atoms with Crippen LogP contribution in [-0.4, -0.2) is 33.3 Å². The van der Waals surface area contributed by atoms with Crippen LogP contribution in [0, 0.1) is 5.92 Å². The first-order valence-electron chi connectivity index (χ1n) is 10.3. The van der Waals surface area contributed by atoms with Crippen molar-refractivity contribution in [3.05, 3.63) is 60.7 Å². The molecule has 0 saturated carbocycles. The first-order valence-corrected chi connectivity index (χ1v) is 12.2. The van der Waals surface area contributed by atoms with Crippen molar-refractivity contribution in [1.29, 1.82) is 0 Å². The van der Waals surface area contributed by atoms with E-state index < -0.39 is 14.6 Å². The van der Waals surface area contributed by atoms with Crippen molar-refractivity contribution in [3.63, 3.8) is 0 Å². The lowest BCUT2D eigenvalue weighted by atomic mass is 10.1. The Bertz CT molecular complexity index is 761. The standard InChI is InChI=1S/C24H32O4Si/c1-18-16-23(27-19(2)25)28-22(18)17-26-29(24(3,4)5,20-12-8-6-9-13-20)21-14-10-7-11-15-21/h6-15,18,22-23H,16-17H2,1-5H3/t18-,22+,23+/m0/s1. The minimum atomic E-state index is -2.59. The van der Waals surface area contributed by atoms with Gasteiger partial charge in [0.1, 0.15) is 0 Å². The smallest absolute Gasteiger partial charge is 0.304 e. The van der Waals surface area contributed by atoms with Crippen LogP contribution in [0.3, 0.4) is 0 Å². The number of carbonyl (C=O) groups excluding carboxylic acids is 1. The van der Waals surface area contributed by atoms with Crippen molar-refractivity contribution in [2.24, 2.45) is 5.92 Å². The molecule has 0 N–H and O–H groups in total. The summed E-state index contributed by atoms with van der Waals surface area (Å²) in [4.78, 5) is 11.3. The SMILES string of the molecule is CC(=O)O[C@H]1C[C@H](C)[C@@H](CO[Si](c2ccccc2)(c2ccccc2)C(C)(C)C)O1. The molecule has 3 rings (SSSR count). The Labute approximate surface area is 175 Å². The molecule has 0 unspecified atom stereocenters. The van der Waals surface area contributed by atoms with Crippen LogP contribution in [0.2, 0.25) is 5.04 Å². The highest BCUT2D eigenvalue weighted by molar-refractivity contribution is 6.99. The third-order valence-corrected chi connectivity index (χ3v) is 10.7. The zero-order valence-electron chi connectivity index (χ0n) is 18.1. The number of esters is 1. The molecule has 0 aromatic heterocycles. The number of hydrogen-bond acceptors (Lipinski definition) is 4. The number of ether oxygens (including phenoxy) is 2. The molecule has 1 saturated heterocycles. The Kier molecular flexibility index (Phi) is 6.61. The van der Waals surface area contributed by atoms with Gasteiger partial charge in [0.15, 0.2) is 0 Å². The summed E-state index contributed by atoms with van der Waals surface area (Å²) in [7, 11) is -2.59. The highest BCUT2D eigenvalue weighted by Gasteiger charge is 2.51. The molecule has 3 atom stereocenters. The van der Waals surface area contributed by atoms with Crippen LogP contribution in [0.1, 0.15) is 41.0 Å². The second-order valence-corrected chi connectivity index (χ2v) is 13.2. The first kappa shape index (κ1) is 21.7. The third kappa shape index (κ3) is 4.63. The van der Waals surface area contributed by atoms with E-state index in [1.807, 2.05) is 12.1 Å². The molecule has 0 amide bonds. The van der Waals surface area contributed by atoms with Gasteiger partial charge in [0, 0.05) is 13.3 Å². The summed E-state index contributed by atoms with van der Waals surface area (Å²) in [6.07, 6.45) is 0.130. The maximum Gasteiger partial charge on any atom is 0.304 e. The van der Waals surface area contributed by atoms with Crippen molar-refractivity contribution >= 4 is 24.7 Å². The lowest BCUT2D eigenvalue weighted by molar-refractivity contribution is -0.174. The topological polar surface area (TPSA) is 44.8 Å². The van der Waals surface area contributed by atoms with Gasteiger partial charge in [-0.3, -0.25) is 4.79 Å². The molecule has 1 aliphatic heterocycles. The molecule has 0 aliphatic carbocycles. The van der Waals surface area contributed by atoms with E-state index in [9.17, 15) is 4.79 Å². The molecule has 5 heteroatoms. The van der Waals surface area contributed by atoms with Crippen molar-refractivity contribution in [2.45, 2.75) is 58.5 Å². The largest absolute Gasteiger partial charge is 0.436 e. The van der Waals surface area contributed by atoms with Gasteiger partial charge in [-0.25, -0.2) is 0 Å². The second kappa shape index (κ2) is 8.82. The normalized spacial score (nSPS) is 22.4. The maximum atomic E-state index is 11.3. The van der Waals surface area contributed by atoms with E-state index in [1.165, 1.54) is 17.3 Å².